The van der Waals surface area contributed by atoms with Crippen molar-refractivity contribution in [3.05, 3.63) is 0 Å². The molecule has 0 fully saturated rings. The number of primary amides is 1. The lowest BCUT2D eigenvalue weighted by Crippen LogP contribution is -2.38. The second-order valence-electron chi connectivity index (χ2n) is 4.70. The van der Waals surface area contributed by atoms with E-state index in [0.717, 1.165) is 0 Å². The topological polar surface area (TPSA) is 99.9 Å². The van der Waals surface area contributed by atoms with E-state index < -0.39 is 11.3 Å². The zero-order chi connectivity index (χ0) is 14.7. The van der Waals surface area contributed by atoms with Gasteiger partial charge in [-0.25, -0.2) is 0 Å². The van der Waals surface area contributed by atoms with Crippen LogP contribution in [0, 0.1) is 5.41 Å². The average Bonchev–Trinajstić information content (AvgIpc) is 2.31. The number of carbonyl (C=O) groups is 2. The number of ether oxygens (including phenoxy) is 3. The summed E-state index contributed by atoms with van der Waals surface area (Å²) in [5.74, 6) is -0.724. The van der Waals surface area contributed by atoms with E-state index in [1.165, 1.54) is 0 Å². The lowest BCUT2D eigenvalue weighted by Gasteiger charge is -2.19. The van der Waals surface area contributed by atoms with Gasteiger partial charge >= 0.3 is 0 Å². The lowest BCUT2D eigenvalue weighted by molar-refractivity contribution is -0.132. The Morgan fingerprint density at radius 3 is 2.37 bits per heavy atom. The molecule has 0 aliphatic rings. The summed E-state index contributed by atoms with van der Waals surface area (Å²) < 4.78 is 15.0. The number of amides is 2. The molecule has 3 N–H and O–H groups in total. The number of rotatable bonds is 11. The van der Waals surface area contributed by atoms with Gasteiger partial charge < -0.3 is 25.3 Å². The van der Waals surface area contributed by atoms with Gasteiger partial charge in [-0.3, -0.25) is 9.59 Å². The molecule has 0 aliphatic heterocycles. The highest BCUT2D eigenvalue weighted by Crippen LogP contribution is 2.18. The van der Waals surface area contributed by atoms with Crippen LogP contribution in [0.3, 0.4) is 0 Å². The van der Waals surface area contributed by atoms with E-state index in [0.29, 0.717) is 26.4 Å². The lowest BCUT2D eigenvalue weighted by atomic mass is 9.88. The Hall–Kier alpha value is -1.18. The Morgan fingerprint density at radius 2 is 1.79 bits per heavy atom. The second kappa shape index (κ2) is 9.71. The smallest absolute Gasteiger partial charge is 0.223 e. The van der Waals surface area contributed by atoms with Crippen molar-refractivity contribution in [1.82, 2.24) is 5.32 Å². The molecule has 0 aromatic heterocycles. The molecule has 7 nitrogen and oxygen atoms in total. The Morgan fingerprint density at radius 1 is 1.16 bits per heavy atom. The summed E-state index contributed by atoms with van der Waals surface area (Å²) in [4.78, 5) is 22.6. The summed E-state index contributed by atoms with van der Waals surface area (Å²) in [5, 5.41) is 2.64. The van der Waals surface area contributed by atoms with E-state index in [2.05, 4.69) is 5.32 Å². The van der Waals surface area contributed by atoms with Crippen molar-refractivity contribution in [2.24, 2.45) is 11.1 Å². The number of carbonyl (C=O) groups excluding carboxylic acids is 2. The van der Waals surface area contributed by atoms with Gasteiger partial charge in [0.15, 0.2) is 0 Å². The highest BCUT2D eigenvalue weighted by Gasteiger charge is 2.27. The molecule has 0 aromatic carbocycles. The molecule has 0 saturated heterocycles. The normalized spacial score (nSPS) is 11.3. The number of nitrogens with one attached hydrogen (secondary N) is 1. The predicted molar refractivity (Wildman–Crippen MR) is 69.2 cm³/mol. The predicted octanol–water partition coefficient (Wildman–Crippen LogP) is -0.359. The van der Waals surface area contributed by atoms with Crippen molar-refractivity contribution in [3.8, 4) is 0 Å². The molecule has 0 bridgehead atoms. The van der Waals surface area contributed by atoms with Crippen LogP contribution in [0.25, 0.3) is 0 Å². The molecule has 19 heavy (non-hydrogen) atoms. The minimum absolute atomic E-state index is 0.0622. The average molecular weight is 276 g/mol. The van der Waals surface area contributed by atoms with Crippen LogP contribution in [0.4, 0.5) is 0 Å². The van der Waals surface area contributed by atoms with E-state index in [1.807, 2.05) is 0 Å². The van der Waals surface area contributed by atoms with Crippen LogP contribution < -0.4 is 11.1 Å². The molecule has 0 aromatic rings. The van der Waals surface area contributed by atoms with Gasteiger partial charge in [-0.1, -0.05) is 13.8 Å². The zero-order valence-corrected chi connectivity index (χ0v) is 11.9. The minimum Gasteiger partial charge on any atom is -0.382 e. The summed E-state index contributed by atoms with van der Waals surface area (Å²) in [7, 11) is 1.59. The standard InChI is InChI=1S/C12H24N2O5/c1-12(2,11(13)16)8-10(15)14-4-5-18-9-19-7-6-17-3/h4-9H2,1-3H3,(H2,13,16)(H,14,15). The van der Waals surface area contributed by atoms with Crippen LogP contribution in [0.5, 0.6) is 0 Å². The van der Waals surface area contributed by atoms with E-state index in [4.69, 9.17) is 19.9 Å². The number of nitrogens with two attached hydrogens (primary N) is 1. The van der Waals surface area contributed by atoms with Crippen LogP contribution in [-0.2, 0) is 23.8 Å². The largest absolute Gasteiger partial charge is 0.382 e. The molecule has 7 heteroatoms. The molecule has 0 rings (SSSR count). The van der Waals surface area contributed by atoms with Crippen LogP contribution in [0.15, 0.2) is 0 Å². The van der Waals surface area contributed by atoms with Gasteiger partial charge in [-0.15, -0.1) is 0 Å². The Labute approximate surface area is 113 Å². The van der Waals surface area contributed by atoms with Crippen molar-refractivity contribution < 1.29 is 23.8 Å². The Balaban J connectivity index is 3.52. The summed E-state index contributed by atoms with van der Waals surface area (Å²) in [6, 6.07) is 0. The summed E-state index contributed by atoms with van der Waals surface area (Å²) in [5.41, 5.74) is 4.34. The van der Waals surface area contributed by atoms with Crippen LogP contribution in [0.1, 0.15) is 20.3 Å². The molecular weight excluding hydrogens is 252 g/mol. The van der Waals surface area contributed by atoms with Crippen molar-refractivity contribution in [3.63, 3.8) is 0 Å². The van der Waals surface area contributed by atoms with E-state index in [9.17, 15) is 9.59 Å². The second-order valence-corrected chi connectivity index (χ2v) is 4.70. The molecule has 0 spiro atoms. The van der Waals surface area contributed by atoms with Crippen molar-refractivity contribution >= 4 is 11.8 Å². The van der Waals surface area contributed by atoms with E-state index in [-0.39, 0.29) is 19.1 Å². The van der Waals surface area contributed by atoms with Crippen molar-refractivity contribution in [1.29, 1.82) is 0 Å². The van der Waals surface area contributed by atoms with Crippen LogP contribution >= 0.6 is 0 Å². The maximum absolute atomic E-state index is 11.5. The van der Waals surface area contributed by atoms with E-state index in [1.54, 1.807) is 21.0 Å². The molecule has 0 radical (unpaired) electrons. The van der Waals surface area contributed by atoms with Gasteiger partial charge in [0.25, 0.3) is 0 Å². The van der Waals surface area contributed by atoms with Crippen molar-refractivity contribution in [2.75, 3.05) is 40.3 Å². The third-order valence-electron chi connectivity index (χ3n) is 2.44. The zero-order valence-electron chi connectivity index (χ0n) is 11.9. The molecule has 0 atom stereocenters. The van der Waals surface area contributed by atoms with Crippen LogP contribution in [-0.4, -0.2) is 52.1 Å². The quantitative estimate of drug-likeness (QED) is 0.396. The van der Waals surface area contributed by atoms with Gasteiger partial charge in [0.05, 0.1) is 25.2 Å². The summed E-state index contributed by atoms with van der Waals surface area (Å²) >= 11 is 0. The van der Waals surface area contributed by atoms with Gasteiger partial charge in [-0.2, -0.15) is 0 Å². The summed E-state index contributed by atoms with van der Waals surface area (Å²) in [6.07, 6.45) is 0.0622. The molecule has 0 aliphatic carbocycles. The monoisotopic (exact) mass is 276 g/mol. The minimum atomic E-state index is -0.839. The third-order valence-corrected chi connectivity index (χ3v) is 2.44. The molecular formula is C12H24N2O5. The first-order chi connectivity index (χ1) is 8.90. The molecule has 112 valence electrons. The number of hydrogen-bond donors (Lipinski definition) is 2. The first kappa shape index (κ1) is 17.8. The molecule has 0 saturated carbocycles. The van der Waals surface area contributed by atoms with Crippen LogP contribution in [0.2, 0.25) is 0 Å². The Kier molecular flexibility index (Phi) is 9.11. The maximum atomic E-state index is 11.5. The first-order valence-electron chi connectivity index (χ1n) is 6.11. The summed E-state index contributed by atoms with van der Waals surface area (Å²) in [6.45, 7) is 5.12. The van der Waals surface area contributed by atoms with Gasteiger partial charge in [0.1, 0.15) is 6.79 Å². The Bertz CT molecular complexity index is 281. The fourth-order valence-corrected chi connectivity index (χ4v) is 1.13. The van der Waals surface area contributed by atoms with Gasteiger partial charge in [0.2, 0.25) is 11.8 Å². The first-order valence-corrected chi connectivity index (χ1v) is 6.11. The molecule has 0 heterocycles. The SMILES string of the molecule is COCCOCOCCNC(=O)CC(C)(C)C(N)=O. The fourth-order valence-electron chi connectivity index (χ4n) is 1.13. The number of hydrogen-bond acceptors (Lipinski definition) is 5. The highest BCUT2D eigenvalue weighted by atomic mass is 16.7. The highest BCUT2D eigenvalue weighted by molar-refractivity contribution is 5.87. The van der Waals surface area contributed by atoms with Gasteiger partial charge in [-0.05, 0) is 0 Å². The molecule has 2 amide bonds. The third kappa shape index (κ3) is 9.40. The van der Waals surface area contributed by atoms with E-state index >= 15 is 0 Å². The fraction of sp³-hybridized carbons (Fsp3) is 0.833. The van der Waals surface area contributed by atoms with Crippen molar-refractivity contribution in [2.45, 2.75) is 20.3 Å². The maximum Gasteiger partial charge on any atom is 0.223 e. The number of methoxy groups -OCH3 is 1. The molecule has 0 unspecified atom stereocenters. The van der Waals surface area contributed by atoms with Gasteiger partial charge in [0, 0.05) is 20.1 Å².